The Bertz CT molecular complexity index is 2170. The van der Waals surface area contributed by atoms with Gasteiger partial charge in [0.2, 0.25) is 5.91 Å². The van der Waals surface area contributed by atoms with Crippen LogP contribution in [0.5, 0.6) is 17.2 Å². The van der Waals surface area contributed by atoms with Gasteiger partial charge in [0, 0.05) is 19.5 Å². The highest BCUT2D eigenvalue weighted by Crippen LogP contribution is 2.50. The minimum Gasteiger partial charge on any atom is -0.444 e. The third-order valence-corrected chi connectivity index (χ3v) is 15.5. The first kappa shape index (κ1) is 65.3. The van der Waals surface area contributed by atoms with Crippen molar-refractivity contribution in [3.05, 3.63) is 75.3 Å². The molecular formula is C42H39Cl15N2O13. The summed E-state index contributed by atoms with van der Waals surface area (Å²) >= 11 is 92.2. The van der Waals surface area contributed by atoms with E-state index in [0.717, 1.165) is 0 Å². The van der Waals surface area contributed by atoms with Gasteiger partial charge in [0.15, 0.2) is 17.2 Å². The first-order valence-electron chi connectivity index (χ1n) is 20.3. The highest BCUT2D eigenvalue weighted by atomic mass is 35.5. The summed E-state index contributed by atoms with van der Waals surface area (Å²) in [5.74, 6) is -4.08. The molecule has 30 heteroatoms. The fourth-order valence-electron chi connectivity index (χ4n) is 5.32. The Labute approximate surface area is 488 Å². The van der Waals surface area contributed by atoms with Crippen molar-refractivity contribution in [1.29, 1.82) is 0 Å². The number of ether oxygens (including phenoxy) is 8. The second-order valence-electron chi connectivity index (χ2n) is 15.6. The fourth-order valence-corrected chi connectivity index (χ4v) is 8.92. The van der Waals surface area contributed by atoms with Gasteiger partial charge in [-0.05, 0) is 20.8 Å². The zero-order valence-corrected chi connectivity index (χ0v) is 48.7. The second-order valence-corrected chi connectivity index (χ2v) is 21.3. The molecule has 0 atom stereocenters. The van der Waals surface area contributed by atoms with Crippen LogP contribution in [0.25, 0.3) is 0 Å². The molecule has 15 nitrogen and oxygen atoms in total. The molecule has 0 heterocycles. The third kappa shape index (κ3) is 19.8. The molecule has 400 valence electrons. The molecule has 2 N–H and O–H groups in total. The van der Waals surface area contributed by atoms with E-state index in [1.54, 1.807) is 20.8 Å². The molecule has 0 aliphatic heterocycles. The number of benzene rings is 3. The molecule has 3 aromatic carbocycles. The second kappa shape index (κ2) is 30.8. The molecule has 0 spiro atoms. The zero-order chi connectivity index (χ0) is 54.2. The van der Waals surface area contributed by atoms with Crippen LogP contribution >= 0.6 is 174 Å². The first-order valence-corrected chi connectivity index (χ1v) is 26.0. The van der Waals surface area contributed by atoms with Gasteiger partial charge >= 0.3 is 24.0 Å². The number of hydrogen-bond acceptors (Lipinski definition) is 13. The summed E-state index contributed by atoms with van der Waals surface area (Å²) in [6.45, 7) is 3.07. The molecule has 3 aromatic rings. The third-order valence-electron chi connectivity index (χ3n) is 8.73. The lowest BCUT2D eigenvalue weighted by atomic mass is 9.92. The van der Waals surface area contributed by atoms with Gasteiger partial charge in [-0.2, -0.15) is 0 Å². The van der Waals surface area contributed by atoms with E-state index in [4.69, 9.17) is 212 Å². The Kier molecular flexibility index (Phi) is 27.9. The number of alkyl carbamates (subject to hydrolysis) is 1. The molecule has 0 saturated carbocycles. The van der Waals surface area contributed by atoms with Crippen LogP contribution in [0.1, 0.15) is 46.5 Å². The van der Waals surface area contributed by atoms with Crippen molar-refractivity contribution in [2.45, 2.75) is 52.1 Å². The average Bonchev–Trinajstić information content (AvgIpc) is 3.33. The molecule has 0 fully saturated rings. The molecule has 0 aliphatic carbocycles. The van der Waals surface area contributed by atoms with Gasteiger partial charge in [-0.1, -0.05) is 174 Å². The number of carbonyl (C=O) groups is 5. The standard InChI is InChI=1S/C42H39Cl15N2O13/c1-41(2,3)72-40(64)59-9-8-58-18(60)4-10-65-14-42(15-66-11-5-19(61)69-37-31(52)25(46)22(43)26(47)32(37)53,16-67-12-6-20(62)70-38-33(54)27(48)23(44)28(49)34(38)55)17-68-13-7-21(63)71-39-35(56)29(50)24(45)30(51)36(39)57/h4-17H2,1-3H3,(H,58,60)(H,59,64). The lowest BCUT2D eigenvalue weighted by Gasteiger charge is -2.33. The molecule has 2 amide bonds. The Morgan fingerprint density at radius 1 is 0.375 bits per heavy atom. The maximum Gasteiger partial charge on any atom is 0.407 e. The van der Waals surface area contributed by atoms with E-state index in [1.807, 2.05) is 0 Å². The highest BCUT2D eigenvalue weighted by molar-refractivity contribution is 6.58. The Morgan fingerprint density at radius 3 is 0.903 bits per heavy atom. The lowest BCUT2D eigenvalue weighted by molar-refractivity contribution is -0.139. The van der Waals surface area contributed by atoms with Crippen LogP contribution in [-0.2, 0) is 42.9 Å². The van der Waals surface area contributed by atoms with Gasteiger partial charge in [-0.25, -0.2) is 4.79 Å². The fraction of sp³-hybridized carbons (Fsp3) is 0.452. The van der Waals surface area contributed by atoms with Gasteiger partial charge < -0.3 is 48.5 Å². The predicted octanol–water partition coefficient (Wildman–Crippen LogP) is 14.9. The minimum absolute atomic E-state index is 0.0777. The summed E-state index contributed by atoms with van der Waals surface area (Å²) in [6, 6.07) is 0. The highest BCUT2D eigenvalue weighted by Gasteiger charge is 2.34. The summed E-state index contributed by atoms with van der Waals surface area (Å²) in [6.07, 6.45) is -1.98. The van der Waals surface area contributed by atoms with E-state index in [9.17, 15) is 24.0 Å². The quantitative estimate of drug-likeness (QED) is 0.0255. The maximum absolute atomic E-state index is 13.0. The topological polar surface area (TPSA) is 183 Å². The average molecular weight is 1310 g/mol. The van der Waals surface area contributed by atoms with Gasteiger partial charge in [0.1, 0.15) is 35.7 Å². The molecule has 3 rings (SSSR count). The van der Waals surface area contributed by atoms with E-state index in [0.29, 0.717) is 0 Å². The first-order chi connectivity index (χ1) is 33.6. The maximum atomic E-state index is 13.0. The van der Waals surface area contributed by atoms with Crippen LogP contribution in [0.3, 0.4) is 0 Å². The summed E-state index contributed by atoms with van der Waals surface area (Å²) < 4.78 is 45.0. The molecule has 0 aromatic heterocycles. The van der Waals surface area contributed by atoms with E-state index in [1.165, 1.54) is 0 Å². The predicted molar refractivity (Wildman–Crippen MR) is 283 cm³/mol. The van der Waals surface area contributed by atoms with E-state index < -0.39 is 60.2 Å². The van der Waals surface area contributed by atoms with Crippen LogP contribution < -0.4 is 24.8 Å². The van der Waals surface area contributed by atoms with Crippen molar-refractivity contribution in [2.75, 3.05) is 65.9 Å². The van der Waals surface area contributed by atoms with Crippen molar-refractivity contribution in [3.8, 4) is 17.2 Å². The molecule has 0 saturated heterocycles. The van der Waals surface area contributed by atoms with Crippen LogP contribution in [0.2, 0.25) is 75.3 Å². The number of nitrogens with one attached hydrogen (secondary N) is 2. The largest absolute Gasteiger partial charge is 0.444 e. The normalized spacial score (nSPS) is 11.6. The van der Waals surface area contributed by atoms with Gasteiger partial charge in [0.25, 0.3) is 0 Å². The molecule has 0 unspecified atom stereocenters. The van der Waals surface area contributed by atoms with E-state index in [-0.39, 0.29) is 165 Å². The van der Waals surface area contributed by atoms with Crippen LogP contribution in [0.15, 0.2) is 0 Å². The minimum atomic E-state index is -1.33. The number of esters is 3. The van der Waals surface area contributed by atoms with Gasteiger partial charge in [-0.3, -0.25) is 19.2 Å². The van der Waals surface area contributed by atoms with Crippen molar-refractivity contribution in [1.82, 2.24) is 10.6 Å². The Hall–Kier alpha value is -1.000. The molecule has 0 bridgehead atoms. The van der Waals surface area contributed by atoms with Crippen molar-refractivity contribution in [3.63, 3.8) is 0 Å². The van der Waals surface area contributed by atoms with Crippen molar-refractivity contribution < 1.29 is 61.9 Å². The molecular weight excluding hydrogens is 1270 g/mol. The van der Waals surface area contributed by atoms with Crippen LogP contribution in [-0.4, -0.2) is 101 Å². The monoisotopic (exact) mass is 1300 g/mol. The smallest absolute Gasteiger partial charge is 0.407 e. The summed E-state index contributed by atoms with van der Waals surface area (Å²) in [4.78, 5) is 63.6. The SMILES string of the molecule is CC(C)(C)OC(=O)NCCNC(=O)CCOCC(COCCC(=O)Oc1c(Cl)c(Cl)c(Cl)c(Cl)c1Cl)(COCCC(=O)Oc1c(Cl)c(Cl)c(Cl)c(Cl)c1Cl)COCCC(=O)Oc1c(Cl)c(Cl)c(Cl)c(Cl)c1Cl. The number of amides is 2. The number of hydrogen-bond donors (Lipinski definition) is 2. The van der Waals surface area contributed by atoms with Gasteiger partial charge in [-0.15, -0.1) is 0 Å². The van der Waals surface area contributed by atoms with Gasteiger partial charge in [0.05, 0.1) is 123 Å². The van der Waals surface area contributed by atoms with Crippen molar-refractivity contribution >= 4 is 204 Å². The lowest BCUT2D eigenvalue weighted by Crippen LogP contribution is -2.42. The number of carbonyl (C=O) groups excluding carboxylic acids is 5. The number of halogens is 15. The summed E-state index contributed by atoms with van der Waals surface area (Å²) in [5, 5.41) is 1.86. The number of rotatable bonds is 26. The van der Waals surface area contributed by atoms with Crippen LogP contribution in [0, 0.1) is 5.41 Å². The summed E-state index contributed by atoms with van der Waals surface area (Å²) in [7, 11) is 0. The Balaban J connectivity index is 1.80. The molecule has 72 heavy (non-hydrogen) atoms. The molecule has 0 radical (unpaired) electrons. The van der Waals surface area contributed by atoms with E-state index in [2.05, 4.69) is 10.6 Å². The van der Waals surface area contributed by atoms with E-state index >= 15 is 0 Å². The van der Waals surface area contributed by atoms with Crippen molar-refractivity contribution in [2.24, 2.45) is 5.41 Å². The zero-order valence-electron chi connectivity index (χ0n) is 37.4. The van der Waals surface area contributed by atoms with Crippen LogP contribution in [0.4, 0.5) is 4.79 Å². The summed E-state index contributed by atoms with van der Waals surface area (Å²) in [5.41, 5.74) is -2.04. The molecule has 0 aliphatic rings. The Morgan fingerprint density at radius 2 is 0.625 bits per heavy atom.